The van der Waals surface area contributed by atoms with Crippen LogP contribution in [0.2, 0.25) is 0 Å². The van der Waals surface area contributed by atoms with Gasteiger partial charge in [0.2, 0.25) is 5.91 Å². The van der Waals surface area contributed by atoms with Crippen LogP contribution >= 0.6 is 7.82 Å². The number of phosphoric ester groups is 1. The number of allylic oxidation sites excluding steroid dienone is 2. The molecule has 9 N–H and O–H groups in total. The fraction of sp³-hybridized carbons (Fsp3) is 0.917. The smallest absolute Gasteiger partial charge is 0.393 e. The van der Waals surface area contributed by atoms with Crippen LogP contribution in [0.4, 0.5) is 0 Å². The number of nitrogens with one attached hydrogen (secondary N) is 1. The number of hydrogen-bond donors (Lipinski definition) is 9. The molecule has 0 bridgehead atoms. The molecule has 0 aromatic rings. The topological polar surface area (TPSA) is 226 Å². The van der Waals surface area contributed by atoms with Gasteiger partial charge in [-0.05, 0) is 32.1 Å². The number of rotatable bonds is 30. The average Bonchev–Trinajstić information content (AvgIpc) is 3.08. The van der Waals surface area contributed by atoms with E-state index in [1.54, 1.807) is 0 Å². The highest BCUT2D eigenvalue weighted by Gasteiger charge is 2.51. The van der Waals surface area contributed by atoms with Gasteiger partial charge < -0.3 is 46.0 Å². The van der Waals surface area contributed by atoms with Crippen LogP contribution in [0.3, 0.4) is 0 Å². The van der Waals surface area contributed by atoms with Crippen LogP contribution in [0, 0.1) is 0 Å². The summed E-state index contributed by atoms with van der Waals surface area (Å²) in [5.74, 6) is -0.577. The Balaban J connectivity index is 2.65. The number of hydrogen-bond acceptors (Lipinski definition) is 11. The van der Waals surface area contributed by atoms with Crippen molar-refractivity contribution in [1.82, 2.24) is 5.32 Å². The number of phosphoric acid groups is 1. The highest BCUT2D eigenvalue weighted by molar-refractivity contribution is 7.47. The van der Waals surface area contributed by atoms with Gasteiger partial charge in [-0.3, -0.25) is 13.8 Å². The molecule has 1 aliphatic rings. The maximum Gasteiger partial charge on any atom is 0.472 e. The lowest BCUT2D eigenvalue weighted by atomic mass is 9.85. The molecule has 1 saturated carbocycles. The molecule has 1 rings (SSSR count). The molecular formula is C36H70NO12P. The summed E-state index contributed by atoms with van der Waals surface area (Å²) >= 11 is 0. The van der Waals surface area contributed by atoms with E-state index in [2.05, 4.69) is 31.3 Å². The third kappa shape index (κ3) is 20.3. The first-order valence-electron chi connectivity index (χ1n) is 19.2. The first kappa shape index (κ1) is 47.1. The van der Waals surface area contributed by atoms with Gasteiger partial charge in [-0.2, -0.15) is 0 Å². The van der Waals surface area contributed by atoms with E-state index in [1.165, 1.54) is 44.9 Å². The highest BCUT2D eigenvalue weighted by atomic mass is 31.2. The summed E-state index contributed by atoms with van der Waals surface area (Å²) in [5, 5.41) is 74.0. The van der Waals surface area contributed by atoms with Gasteiger partial charge in [-0.25, -0.2) is 4.57 Å². The molecule has 1 fully saturated rings. The van der Waals surface area contributed by atoms with Crippen molar-refractivity contribution in [1.29, 1.82) is 0 Å². The fourth-order valence-corrected chi connectivity index (χ4v) is 7.07. The fourth-order valence-electron chi connectivity index (χ4n) is 6.11. The van der Waals surface area contributed by atoms with E-state index in [-0.39, 0.29) is 12.8 Å². The van der Waals surface area contributed by atoms with Crippen molar-refractivity contribution >= 4 is 13.7 Å². The van der Waals surface area contributed by atoms with E-state index in [0.717, 1.165) is 64.2 Å². The second-order valence-electron chi connectivity index (χ2n) is 14.0. The zero-order valence-electron chi connectivity index (χ0n) is 30.6. The van der Waals surface area contributed by atoms with Crippen molar-refractivity contribution in [3.05, 3.63) is 12.2 Å². The van der Waals surface area contributed by atoms with Gasteiger partial charge in [0.1, 0.15) is 36.6 Å². The van der Waals surface area contributed by atoms with Gasteiger partial charge in [0.25, 0.3) is 0 Å². The monoisotopic (exact) mass is 739 g/mol. The summed E-state index contributed by atoms with van der Waals surface area (Å²) in [7, 11) is -5.10. The first-order chi connectivity index (χ1) is 23.8. The van der Waals surface area contributed by atoms with E-state index in [0.29, 0.717) is 12.8 Å². The molecule has 0 spiro atoms. The van der Waals surface area contributed by atoms with Gasteiger partial charge in [-0.15, -0.1) is 0 Å². The van der Waals surface area contributed by atoms with Crippen LogP contribution in [0.5, 0.6) is 0 Å². The molecule has 0 aromatic heterocycles. The maximum absolute atomic E-state index is 12.9. The number of carbonyl (C=O) groups is 1. The van der Waals surface area contributed by atoms with Crippen LogP contribution in [-0.2, 0) is 18.4 Å². The number of aliphatic hydroxyl groups excluding tert-OH is 7. The van der Waals surface area contributed by atoms with Crippen molar-refractivity contribution in [2.45, 2.75) is 204 Å². The standard InChI is InChI=1S/C36H70NO12P/c1-3-5-7-9-11-13-14-15-16-18-20-22-24-29(39)28(37-30(40)25-27(38)23-21-19-17-12-10-8-6-4-2)26-48-50(46,47)49-36-34(44)32(42)31(41)33(43)35(36)45/h10,12,27-29,31-36,38-39,41-45H,3-9,11,13-26H2,1-2H3,(H,37,40)(H,46,47)/b12-10-. The molecule has 0 heterocycles. The number of carbonyl (C=O) groups excluding carboxylic acids is 1. The largest absolute Gasteiger partial charge is 0.472 e. The summed E-state index contributed by atoms with van der Waals surface area (Å²) in [6.07, 6.45) is 10.2. The normalized spacial score (nSPS) is 25.7. The molecule has 296 valence electrons. The van der Waals surface area contributed by atoms with E-state index < -0.39 is 75.2 Å². The Kier molecular flexibility index (Phi) is 26.0. The Labute approximate surface area is 300 Å². The second kappa shape index (κ2) is 27.6. The van der Waals surface area contributed by atoms with Crippen LogP contribution in [0.1, 0.15) is 149 Å². The molecule has 13 nitrogen and oxygen atoms in total. The van der Waals surface area contributed by atoms with Gasteiger partial charge in [0, 0.05) is 0 Å². The second-order valence-corrected chi connectivity index (χ2v) is 15.4. The molecule has 0 saturated heterocycles. The lowest BCUT2D eigenvalue weighted by Gasteiger charge is -2.41. The molecule has 1 aliphatic carbocycles. The predicted molar refractivity (Wildman–Crippen MR) is 192 cm³/mol. The van der Waals surface area contributed by atoms with Crippen molar-refractivity contribution in [2.24, 2.45) is 0 Å². The number of aliphatic hydroxyl groups is 7. The van der Waals surface area contributed by atoms with Gasteiger partial charge >= 0.3 is 7.82 Å². The quantitative estimate of drug-likeness (QED) is 0.0286. The van der Waals surface area contributed by atoms with Crippen LogP contribution in [0.15, 0.2) is 12.2 Å². The van der Waals surface area contributed by atoms with E-state index in [4.69, 9.17) is 9.05 Å². The Morgan fingerprint density at radius 2 is 1.14 bits per heavy atom. The molecule has 14 heteroatoms. The van der Waals surface area contributed by atoms with Crippen molar-refractivity contribution in [2.75, 3.05) is 6.61 Å². The van der Waals surface area contributed by atoms with E-state index in [1.807, 2.05) is 0 Å². The van der Waals surface area contributed by atoms with Crippen LogP contribution in [-0.4, -0.2) is 108 Å². The molecule has 0 radical (unpaired) electrons. The molecule has 8 atom stereocenters. The average molecular weight is 740 g/mol. The summed E-state index contributed by atoms with van der Waals surface area (Å²) in [4.78, 5) is 23.2. The lowest BCUT2D eigenvalue weighted by Crippen LogP contribution is -2.64. The summed E-state index contributed by atoms with van der Waals surface area (Å²) in [5.41, 5.74) is 0. The van der Waals surface area contributed by atoms with E-state index >= 15 is 0 Å². The SMILES string of the molecule is CCCC/C=C\CCCCC(O)CC(=O)NC(COP(=O)(O)OC1C(O)C(O)C(O)C(O)C1O)C(O)CCCCCCCCCCCCCC. The Bertz CT molecular complexity index is 927. The zero-order chi connectivity index (χ0) is 37.4. The zero-order valence-corrected chi connectivity index (χ0v) is 31.5. The van der Waals surface area contributed by atoms with Crippen molar-refractivity contribution < 1.29 is 59.0 Å². The van der Waals surface area contributed by atoms with E-state index in [9.17, 15) is 50.0 Å². The van der Waals surface area contributed by atoms with Crippen LogP contribution < -0.4 is 5.32 Å². The predicted octanol–water partition coefficient (Wildman–Crippen LogP) is 4.30. The summed E-state index contributed by atoms with van der Waals surface area (Å²) in [6, 6.07) is -1.15. The first-order valence-corrected chi connectivity index (χ1v) is 20.7. The molecule has 0 aromatic carbocycles. The Hall–Kier alpha value is -0.960. The van der Waals surface area contributed by atoms with Gasteiger partial charge in [0.15, 0.2) is 0 Å². The Morgan fingerprint density at radius 1 is 0.680 bits per heavy atom. The summed E-state index contributed by atoms with van der Waals surface area (Å²) < 4.78 is 22.7. The molecule has 50 heavy (non-hydrogen) atoms. The van der Waals surface area contributed by atoms with Crippen molar-refractivity contribution in [3.63, 3.8) is 0 Å². The van der Waals surface area contributed by atoms with Crippen molar-refractivity contribution in [3.8, 4) is 0 Å². The highest BCUT2D eigenvalue weighted by Crippen LogP contribution is 2.47. The lowest BCUT2D eigenvalue weighted by molar-refractivity contribution is -0.220. The van der Waals surface area contributed by atoms with Gasteiger partial charge in [0.05, 0.1) is 31.3 Å². The number of amides is 1. The third-order valence-corrected chi connectivity index (χ3v) is 10.4. The maximum atomic E-state index is 12.9. The molecular weight excluding hydrogens is 669 g/mol. The minimum atomic E-state index is -5.10. The molecule has 1 amide bonds. The Morgan fingerprint density at radius 3 is 1.68 bits per heavy atom. The molecule has 0 aliphatic heterocycles. The third-order valence-electron chi connectivity index (χ3n) is 9.38. The molecule has 8 unspecified atom stereocenters. The summed E-state index contributed by atoms with van der Waals surface area (Å²) in [6.45, 7) is 3.66. The van der Waals surface area contributed by atoms with Crippen LogP contribution in [0.25, 0.3) is 0 Å². The minimum absolute atomic E-state index is 0.236. The number of unbranched alkanes of at least 4 members (excludes halogenated alkanes) is 15. The van der Waals surface area contributed by atoms with Gasteiger partial charge in [-0.1, -0.05) is 122 Å². The minimum Gasteiger partial charge on any atom is -0.393 e.